The van der Waals surface area contributed by atoms with Crippen LogP contribution in [0.25, 0.3) is 11.2 Å². The van der Waals surface area contributed by atoms with Gasteiger partial charge in [-0.3, -0.25) is 4.84 Å². The molecule has 0 spiro atoms. The molecule has 16 heteroatoms. The summed E-state index contributed by atoms with van der Waals surface area (Å²) >= 11 is 0. The molecular weight excluding hydrogens is 457 g/mol. The van der Waals surface area contributed by atoms with E-state index in [1.165, 1.54) is 4.85 Å². The molecule has 0 bridgehead atoms. The number of aromatic nitrogens is 4. The fourth-order valence-corrected chi connectivity index (χ4v) is 3.96. The third kappa shape index (κ3) is 4.13. The number of pyridine rings is 1. The number of carbonyl (C=O) groups excluding carboxylic acids is 1. The van der Waals surface area contributed by atoms with Crippen LogP contribution in [-0.2, 0) is 4.79 Å². The fraction of sp³-hybridized carbons (Fsp3) is 0.400. The second-order valence-corrected chi connectivity index (χ2v) is 9.34. The first-order valence-corrected chi connectivity index (χ1v) is 10.2. The van der Waals surface area contributed by atoms with Gasteiger partial charge < -0.3 is 0 Å². The summed E-state index contributed by atoms with van der Waals surface area (Å²) in [6.07, 6.45) is 0.886. The third-order valence-electron chi connectivity index (χ3n) is 3.88. The number of fused-ring (bicyclic) bond motifs is 1. The van der Waals surface area contributed by atoms with Gasteiger partial charge in [-0.25, -0.2) is 14.5 Å². The zero-order valence-corrected chi connectivity index (χ0v) is 17.4. The van der Waals surface area contributed by atoms with Gasteiger partial charge in [-0.05, 0) is 22.2 Å². The van der Waals surface area contributed by atoms with Crippen molar-refractivity contribution in [1.82, 2.24) is 25.0 Å². The summed E-state index contributed by atoms with van der Waals surface area (Å²) in [5, 5.41) is 12.2. The minimum atomic E-state index is -8.23. The van der Waals surface area contributed by atoms with Gasteiger partial charge in [0, 0.05) is 6.20 Å². The van der Waals surface area contributed by atoms with Gasteiger partial charge in [-0.2, -0.15) is 0 Å². The van der Waals surface area contributed by atoms with E-state index in [9.17, 15) is 35.7 Å². The van der Waals surface area contributed by atoms with Gasteiger partial charge in [0.15, 0.2) is 0 Å². The zero-order valence-electron chi connectivity index (χ0n) is 16.5. The van der Waals surface area contributed by atoms with Crippen LogP contribution in [0, 0.1) is 0 Å². The number of hydrogen-bond donors (Lipinski definition) is 0. The Kier molecular flexibility index (Phi) is 5.98. The summed E-state index contributed by atoms with van der Waals surface area (Å²) in [7, 11) is -0.662. The predicted octanol–water partition coefficient (Wildman–Crippen LogP) is 1.22. The van der Waals surface area contributed by atoms with Crippen LogP contribution in [0.4, 0.5) is 25.8 Å². The van der Waals surface area contributed by atoms with E-state index in [0.717, 1.165) is 0 Å². The first-order valence-electron chi connectivity index (χ1n) is 8.24. The summed E-state index contributed by atoms with van der Waals surface area (Å²) in [6.45, 7) is 0. The quantitative estimate of drug-likeness (QED) is 0.212. The molecule has 0 aliphatic carbocycles. The van der Waals surface area contributed by atoms with Crippen molar-refractivity contribution in [1.29, 1.82) is 0 Å². The van der Waals surface area contributed by atoms with Gasteiger partial charge in [-0.15, -0.1) is 5.10 Å². The number of amidine groups is 1. The molecule has 1 aliphatic rings. The summed E-state index contributed by atoms with van der Waals surface area (Å²) < 4.78 is 77.1. The van der Waals surface area contributed by atoms with Crippen LogP contribution >= 0.6 is 7.54 Å². The fourth-order valence-electron chi connectivity index (χ4n) is 2.42. The van der Waals surface area contributed by atoms with Gasteiger partial charge >= 0.3 is 78.4 Å². The molecule has 2 aromatic heterocycles. The molecule has 1 unspecified atom stereocenters. The number of halogens is 6. The second-order valence-electron chi connectivity index (χ2n) is 6.69. The monoisotopic (exact) mass is 474 g/mol. The number of hydrogen-bond acceptors (Lipinski definition) is 6. The van der Waals surface area contributed by atoms with E-state index in [1.807, 2.05) is 49.8 Å². The molecule has 172 valence electrons. The maximum atomic E-state index is 12.8. The standard InChI is InChI=1S/C10H15N6O.C5H3F6O2P/c1-14(2)10(15(3)4)17-16-9-8(12-13-16)6-5-7-11-9;6-4(7)1-2-14(9,10,11)5(4,8)3(12)13/h5-7H,1-4H3;1-2H,(H,12,13)/q+1;/p-1. The number of nitrogens with zero attached hydrogens (tertiary/aromatic N) is 6. The molecule has 1 atom stereocenters. The molecule has 31 heavy (non-hydrogen) atoms. The van der Waals surface area contributed by atoms with Crippen LogP contribution < -0.4 is 9.94 Å². The van der Waals surface area contributed by atoms with E-state index >= 15 is 0 Å². The Morgan fingerprint density at radius 3 is 2.29 bits per heavy atom. The average molecular weight is 474 g/mol. The van der Waals surface area contributed by atoms with Crippen molar-refractivity contribution in [2.75, 3.05) is 28.2 Å². The molecule has 0 amide bonds. The molecule has 3 rings (SSSR count). The van der Waals surface area contributed by atoms with E-state index in [4.69, 9.17) is 4.84 Å². The predicted molar refractivity (Wildman–Crippen MR) is 95.9 cm³/mol. The Morgan fingerprint density at radius 2 is 1.87 bits per heavy atom. The van der Waals surface area contributed by atoms with E-state index < -0.39 is 36.7 Å². The average Bonchev–Trinajstić information content (AvgIpc) is 3.11. The van der Waals surface area contributed by atoms with Crippen molar-refractivity contribution in [3.63, 3.8) is 0 Å². The SMILES string of the molecule is CN(C)C(On1nnc2cccnc21)=[N+](C)C.O=C([O-])C1(F)C(F)(F)C=CP1(F)(F)F. The van der Waals surface area contributed by atoms with Crippen LogP contribution in [0.15, 0.2) is 30.2 Å². The Hall–Kier alpha value is -2.96. The number of aliphatic carboxylic acids is 1. The Labute approximate surface area is 171 Å². The molecule has 0 fully saturated rings. The summed E-state index contributed by atoms with van der Waals surface area (Å²) in [4.78, 5) is 22.8. The van der Waals surface area contributed by atoms with Crippen molar-refractivity contribution in [2.24, 2.45) is 0 Å². The molecule has 0 saturated heterocycles. The van der Waals surface area contributed by atoms with Crippen LogP contribution in [-0.4, -0.2) is 81.1 Å². The van der Waals surface area contributed by atoms with Crippen molar-refractivity contribution in [2.45, 2.75) is 11.3 Å². The van der Waals surface area contributed by atoms with Gasteiger partial charge in [0.25, 0.3) is 0 Å². The molecule has 0 N–H and O–H groups in total. The summed E-state index contributed by atoms with van der Waals surface area (Å²) in [6, 6.07) is 4.28. The minimum absolute atomic E-state index is 0.591. The molecule has 9 nitrogen and oxygen atoms in total. The topological polar surface area (TPSA) is 99.2 Å². The number of carboxylic acid groups (broad SMARTS) is 1. The van der Waals surface area contributed by atoms with E-state index in [1.54, 1.807) is 6.20 Å². The number of rotatable bonds is 2. The van der Waals surface area contributed by atoms with Gasteiger partial charge in [-0.1, -0.05) is 0 Å². The van der Waals surface area contributed by atoms with Crippen molar-refractivity contribution in [3.05, 3.63) is 30.2 Å². The van der Waals surface area contributed by atoms with Crippen LogP contribution in [0.1, 0.15) is 0 Å². The first-order chi connectivity index (χ1) is 14.0. The molecule has 0 saturated carbocycles. The van der Waals surface area contributed by atoms with Gasteiger partial charge in [0.2, 0.25) is 5.65 Å². The molecule has 0 aromatic carbocycles. The summed E-state index contributed by atoms with van der Waals surface area (Å²) in [5.41, 5.74) is 1.29. The second kappa shape index (κ2) is 7.62. The van der Waals surface area contributed by atoms with Gasteiger partial charge in [0.05, 0.1) is 28.2 Å². The van der Waals surface area contributed by atoms with Crippen LogP contribution in [0.2, 0.25) is 0 Å². The molecule has 3 heterocycles. The number of allylic oxidation sites excluding steroid dienone is 1. The number of alkyl halides is 3. The normalized spacial score (nSPS) is 23.7. The molecule has 0 radical (unpaired) electrons. The molecule has 2 aromatic rings. The van der Waals surface area contributed by atoms with Crippen LogP contribution in [0.5, 0.6) is 0 Å². The number of carbonyl (C=O) groups is 1. The number of carboxylic acids is 1. The Balaban J connectivity index is 0.000000225. The van der Waals surface area contributed by atoms with E-state index in [-0.39, 0.29) is 0 Å². The van der Waals surface area contributed by atoms with Crippen molar-refractivity contribution >= 4 is 30.7 Å². The van der Waals surface area contributed by atoms with Crippen molar-refractivity contribution in [3.8, 4) is 0 Å². The van der Waals surface area contributed by atoms with Crippen molar-refractivity contribution < 1.29 is 45.1 Å². The van der Waals surface area contributed by atoms with Gasteiger partial charge in [0.1, 0.15) is 5.52 Å². The third-order valence-corrected chi connectivity index (χ3v) is 6.05. The van der Waals surface area contributed by atoms with E-state index in [2.05, 4.69) is 15.3 Å². The van der Waals surface area contributed by atoms with Crippen LogP contribution in [0.3, 0.4) is 0 Å². The first kappa shape index (κ1) is 24.3. The Bertz CT molecular complexity index is 1060. The molecule has 1 aliphatic heterocycles. The Morgan fingerprint density at radius 1 is 1.26 bits per heavy atom. The van der Waals surface area contributed by atoms with E-state index in [0.29, 0.717) is 17.2 Å². The maximum absolute atomic E-state index is 12.8. The zero-order chi connectivity index (χ0) is 23.9. The summed E-state index contributed by atoms with van der Waals surface area (Å²) in [5.74, 6) is -9.57. The molecular formula is C15H17F6N6O3P.